The number of para-hydroxylation sites is 2. The molecule has 6 nitrogen and oxygen atoms in total. The number of rotatable bonds is 6. The lowest BCUT2D eigenvalue weighted by Gasteiger charge is -2.32. The van der Waals surface area contributed by atoms with E-state index in [1.54, 1.807) is 11.0 Å². The van der Waals surface area contributed by atoms with Gasteiger partial charge in [-0.2, -0.15) is 0 Å². The van der Waals surface area contributed by atoms with Crippen LogP contribution in [0.3, 0.4) is 0 Å². The van der Waals surface area contributed by atoms with Gasteiger partial charge in [0.2, 0.25) is 11.8 Å². The number of hydrogen-bond donors (Lipinski definition) is 1. The molecule has 0 spiro atoms. The van der Waals surface area contributed by atoms with E-state index in [0.29, 0.717) is 38.9 Å². The Morgan fingerprint density at radius 1 is 1.23 bits per heavy atom. The van der Waals surface area contributed by atoms with E-state index in [-0.39, 0.29) is 23.5 Å². The Balaban J connectivity index is 1.34. The predicted octanol–water partition coefficient (Wildman–Crippen LogP) is 2.81. The van der Waals surface area contributed by atoms with E-state index < -0.39 is 0 Å². The van der Waals surface area contributed by atoms with Crippen LogP contribution in [-0.2, 0) is 29.6 Å². The van der Waals surface area contributed by atoms with Gasteiger partial charge >= 0.3 is 0 Å². The van der Waals surface area contributed by atoms with Gasteiger partial charge in [-0.25, -0.2) is 9.37 Å². The second-order valence-electron chi connectivity index (χ2n) is 7.75. The highest BCUT2D eigenvalue weighted by Crippen LogP contribution is 2.19. The van der Waals surface area contributed by atoms with Crippen LogP contribution in [0.2, 0.25) is 0 Å². The summed E-state index contributed by atoms with van der Waals surface area (Å²) in [6, 6.07) is 14.2. The summed E-state index contributed by atoms with van der Waals surface area (Å²) in [7, 11) is 1.93. The molecule has 0 unspecified atom stereocenters. The van der Waals surface area contributed by atoms with Crippen molar-refractivity contribution in [3.63, 3.8) is 0 Å². The molecule has 3 aromatic rings. The molecule has 1 aliphatic heterocycles. The van der Waals surface area contributed by atoms with Crippen molar-refractivity contribution in [1.82, 2.24) is 19.8 Å². The normalized spacial score (nSPS) is 16.8. The molecular formula is C23H25FN4O2. The second kappa shape index (κ2) is 8.65. The van der Waals surface area contributed by atoms with E-state index in [1.165, 1.54) is 12.1 Å². The van der Waals surface area contributed by atoms with Crippen molar-refractivity contribution in [3.8, 4) is 0 Å². The Labute approximate surface area is 174 Å². The molecule has 2 aromatic carbocycles. The molecule has 0 bridgehead atoms. The number of imidazole rings is 1. The summed E-state index contributed by atoms with van der Waals surface area (Å²) < 4.78 is 15.3. The number of likely N-dealkylation sites (tertiary alicyclic amines) is 1. The van der Waals surface area contributed by atoms with Crippen molar-refractivity contribution in [2.75, 3.05) is 13.1 Å². The molecule has 0 radical (unpaired) electrons. The monoisotopic (exact) mass is 408 g/mol. The fourth-order valence-corrected chi connectivity index (χ4v) is 3.97. The van der Waals surface area contributed by atoms with E-state index in [1.807, 2.05) is 41.9 Å². The van der Waals surface area contributed by atoms with Gasteiger partial charge in [-0.1, -0.05) is 24.3 Å². The Bertz CT molecular complexity index is 1080. The summed E-state index contributed by atoms with van der Waals surface area (Å²) in [6.45, 7) is 1.22. The smallest absolute Gasteiger partial charge is 0.225 e. The van der Waals surface area contributed by atoms with Crippen molar-refractivity contribution < 1.29 is 14.0 Å². The number of piperidine rings is 1. The molecule has 1 atom stereocenters. The topological polar surface area (TPSA) is 67.2 Å². The Morgan fingerprint density at radius 3 is 2.87 bits per heavy atom. The maximum Gasteiger partial charge on any atom is 0.225 e. The quantitative estimate of drug-likeness (QED) is 0.682. The number of nitrogens with one attached hydrogen (secondary N) is 1. The minimum atomic E-state index is -0.281. The summed E-state index contributed by atoms with van der Waals surface area (Å²) in [5.41, 5.74) is 2.76. The largest absolute Gasteiger partial charge is 0.349 e. The molecule has 1 fully saturated rings. The van der Waals surface area contributed by atoms with E-state index in [9.17, 15) is 14.0 Å². The number of aromatic nitrogens is 2. The number of amides is 2. The minimum Gasteiger partial charge on any atom is -0.349 e. The van der Waals surface area contributed by atoms with E-state index in [0.717, 1.165) is 22.4 Å². The molecule has 0 saturated carbocycles. The molecule has 0 aliphatic carbocycles. The van der Waals surface area contributed by atoms with Gasteiger partial charge in [0, 0.05) is 26.6 Å². The lowest BCUT2D eigenvalue weighted by atomic mass is 9.96. The molecule has 156 valence electrons. The summed E-state index contributed by atoms with van der Waals surface area (Å²) in [5, 5.41) is 2.98. The lowest BCUT2D eigenvalue weighted by molar-refractivity contribution is -0.138. The van der Waals surface area contributed by atoms with E-state index in [2.05, 4.69) is 10.3 Å². The van der Waals surface area contributed by atoms with E-state index >= 15 is 0 Å². The third-order valence-electron chi connectivity index (χ3n) is 5.73. The van der Waals surface area contributed by atoms with Gasteiger partial charge in [0.1, 0.15) is 11.6 Å². The molecule has 1 aliphatic rings. The third-order valence-corrected chi connectivity index (χ3v) is 5.73. The highest BCUT2D eigenvalue weighted by atomic mass is 19.1. The predicted molar refractivity (Wildman–Crippen MR) is 112 cm³/mol. The first kappa shape index (κ1) is 20.1. The zero-order valence-electron chi connectivity index (χ0n) is 17.0. The van der Waals surface area contributed by atoms with Crippen molar-refractivity contribution >= 4 is 22.8 Å². The first-order valence-corrected chi connectivity index (χ1v) is 10.2. The van der Waals surface area contributed by atoms with Gasteiger partial charge in [-0.3, -0.25) is 9.59 Å². The average molecular weight is 408 g/mol. The number of benzene rings is 2. The maximum atomic E-state index is 13.4. The molecule has 1 aromatic heterocycles. The number of carbonyl (C=O) groups is 2. The van der Waals surface area contributed by atoms with Crippen LogP contribution in [0.15, 0.2) is 48.5 Å². The van der Waals surface area contributed by atoms with Crippen molar-refractivity contribution in [2.24, 2.45) is 13.0 Å². The van der Waals surface area contributed by atoms with Crippen molar-refractivity contribution in [3.05, 3.63) is 65.7 Å². The van der Waals surface area contributed by atoms with Crippen LogP contribution in [-0.4, -0.2) is 39.4 Å². The summed E-state index contributed by atoms with van der Waals surface area (Å²) in [6.07, 6.45) is 1.47. The van der Waals surface area contributed by atoms with Crippen LogP contribution in [0.4, 0.5) is 4.39 Å². The van der Waals surface area contributed by atoms with Crippen LogP contribution in [0.1, 0.15) is 24.2 Å². The third kappa shape index (κ3) is 4.35. The number of aryl methyl sites for hydroxylation is 1. The van der Waals surface area contributed by atoms with Gasteiger partial charge in [0.15, 0.2) is 0 Å². The molecule has 4 rings (SSSR count). The molecule has 7 heteroatoms. The average Bonchev–Trinajstić information content (AvgIpc) is 3.07. The zero-order valence-corrected chi connectivity index (χ0v) is 17.0. The molecule has 1 N–H and O–H groups in total. The molecular weight excluding hydrogens is 383 g/mol. The maximum absolute atomic E-state index is 13.4. The fraction of sp³-hybridized carbons (Fsp3) is 0.348. The number of nitrogens with zero attached hydrogens (tertiary/aromatic N) is 3. The molecule has 1 saturated heterocycles. The van der Waals surface area contributed by atoms with E-state index in [4.69, 9.17) is 0 Å². The van der Waals surface area contributed by atoms with Crippen LogP contribution in [0, 0.1) is 11.7 Å². The molecule has 30 heavy (non-hydrogen) atoms. The van der Waals surface area contributed by atoms with Crippen LogP contribution >= 0.6 is 0 Å². The zero-order chi connectivity index (χ0) is 21.1. The van der Waals surface area contributed by atoms with Gasteiger partial charge in [-0.05, 0) is 42.7 Å². The number of fused-ring (bicyclic) bond motifs is 1. The Hall–Kier alpha value is -3.22. The lowest BCUT2D eigenvalue weighted by Crippen LogP contribution is -2.46. The van der Waals surface area contributed by atoms with Gasteiger partial charge in [-0.15, -0.1) is 0 Å². The van der Waals surface area contributed by atoms with Gasteiger partial charge in [0.25, 0.3) is 0 Å². The molecule has 2 amide bonds. The number of carbonyl (C=O) groups excluding carboxylic acids is 2. The summed E-state index contributed by atoms with van der Waals surface area (Å²) >= 11 is 0. The molecule has 2 heterocycles. The Morgan fingerprint density at radius 2 is 2.07 bits per heavy atom. The summed E-state index contributed by atoms with van der Waals surface area (Å²) in [4.78, 5) is 31.3. The minimum absolute atomic E-state index is 0.0470. The van der Waals surface area contributed by atoms with Gasteiger partial charge < -0.3 is 14.8 Å². The standard InChI is InChI=1S/C23H25FN4O2/c1-27-20-8-3-2-7-19(20)26-21(27)14-25-23(30)17-9-10-22(29)28(15-17)12-11-16-5-4-6-18(24)13-16/h2-8,13,17H,9-12,14-15H2,1H3,(H,25,30)/t17-/m1/s1. The SMILES string of the molecule is Cn1c(CNC(=O)[C@@H]2CCC(=O)N(CCc3cccc(F)c3)C2)nc2ccccc21. The first-order chi connectivity index (χ1) is 14.5. The number of hydrogen-bond acceptors (Lipinski definition) is 3. The van der Waals surface area contributed by atoms with Crippen LogP contribution in [0.25, 0.3) is 11.0 Å². The highest BCUT2D eigenvalue weighted by molar-refractivity contribution is 5.84. The van der Waals surface area contributed by atoms with Crippen molar-refractivity contribution in [1.29, 1.82) is 0 Å². The summed E-state index contributed by atoms with van der Waals surface area (Å²) in [5.74, 6) is 0.247. The fourth-order valence-electron chi connectivity index (χ4n) is 3.97. The van der Waals surface area contributed by atoms with Crippen LogP contribution in [0.5, 0.6) is 0 Å². The van der Waals surface area contributed by atoms with Crippen molar-refractivity contribution in [2.45, 2.75) is 25.8 Å². The Kier molecular flexibility index (Phi) is 5.79. The number of halogens is 1. The highest BCUT2D eigenvalue weighted by Gasteiger charge is 2.30. The van der Waals surface area contributed by atoms with Crippen LogP contribution < -0.4 is 5.32 Å². The second-order valence-corrected chi connectivity index (χ2v) is 7.75. The van der Waals surface area contributed by atoms with Gasteiger partial charge in [0.05, 0.1) is 23.5 Å². The first-order valence-electron chi connectivity index (χ1n) is 10.2.